The van der Waals surface area contributed by atoms with Gasteiger partial charge in [-0.15, -0.1) is 0 Å². The van der Waals surface area contributed by atoms with Crippen LogP contribution in [-0.2, 0) is 28.6 Å². The van der Waals surface area contributed by atoms with Gasteiger partial charge < -0.3 is 14.2 Å². The van der Waals surface area contributed by atoms with Crippen LogP contribution < -0.4 is 0 Å². The molecule has 8 aliphatic rings. The molecule has 0 aromatic rings. The fourth-order valence-corrected chi connectivity index (χ4v) is 11.3. The molecule has 2 aliphatic heterocycles. The van der Waals surface area contributed by atoms with Gasteiger partial charge in [-0.25, -0.2) is 0 Å². The maximum Gasteiger partial charge on any atom is 0.320 e. The van der Waals surface area contributed by atoms with Crippen LogP contribution in [0.5, 0.6) is 0 Å². The second-order valence-corrected chi connectivity index (χ2v) is 15.8. The Bertz CT molecular complexity index is 1000. The Morgan fingerprint density at radius 2 is 1.38 bits per heavy atom. The minimum Gasteiger partial charge on any atom is -0.458 e. The highest BCUT2D eigenvalue weighted by molar-refractivity contribution is 5.97. The van der Waals surface area contributed by atoms with Gasteiger partial charge in [-0.2, -0.15) is 0 Å². The van der Waals surface area contributed by atoms with E-state index in [0.717, 1.165) is 43.9 Å². The van der Waals surface area contributed by atoms with Gasteiger partial charge in [0, 0.05) is 6.61 Å². The van der Waals surface area contributed by atoms with E-state index in [9.17, 15) is 14.4 Å². The van der Waals surface area contributed by atoms with E-state index in [-0.39, 0.29) is 86.0 Å². The summed E-state index contributed by atoms with van der Waals surface area (Å²) in [7, 11) is 0. The molecule has 6 nitrogen and oxygen atoms in total. The zero-order chi connectivity index (χ0) is 27.3. The molecule has 0 N–H and O–H groups in total. The van der Waals surface area contributed by atoms with Crippen molar-refractivity contribution < 1.29 is 28.6 Å². The molecule has 6 bridgehead atoms. The zero-order valence-corrected chi connectivity index (χ0v) is 24.4. The highest BCUT2D eigenvalue weighted by Crippen LogP contribution is 2.62. The number of hydrogen-bond donors (Lipinski definition) is 0. The Balaban J connectivity index is 0.00000169. The molecule has 8 fully saturated rings. The molecule has 6 heteroatoms. The van der Waals surface area contributed by atoms with E-state index in [4.69, 9.17) is 14.2 Å². The largest absolute Gasteiger partial charge is 0.458 e. The fraction of sp³-hybridized carbons (Fsp3) is 0.923. The molecule has 6 saturated carbocycles. The molecule has 8 rings (SSSR count). The lowest BCUT2D eigenvalue weighted by Crippen LogP contribution is -2.58. The summed E-state index contributed by atoms with van der Waals surface area (Å²) in [5.74, 6) is 2.35. The summed E-state index contributed by atoms with van der Waals surface area (Å²) >= 11 is 0. The summed E-state index contributed by atoms with van der Waals surface area (Å²) in [6.45, 7) is 9.12. The van der Waals surface area contributed by atoms with Gasteiger partial charge in [0.25, 0.3) is 0 Å². The number of esters is 3. The van der Waals surface area contributed by atoms with Crippen LogP contribution in [0.4, 0.5) is 0 Å². The van der Waals surface area contributed by atoms with Crippen molar-refractivity contribution in [3.05, 3.63) is 0 Å². The third-order valence-electron chi connectivity index (χ3n) is 13.1. The molecule has 0 amide bonds. The van der Waals surface area contributed by atoms with Crippen molar-refractivity contribution in [2.75, 3.05) is 6.61 Å². The van der Waals surface area contributed by atoms with Crippen LogP contribution in [-0.4, -0.2) is 36.2 Å². The van der Waals surface area contributed by atoms with Crippen LogP contribution in [0.15, 0.2) is 0 Å². The summed E-state index contributed by atoms with van der Waals surface area (Å²) in [4.78, 5) is 40.4. The highest BCUT2D eigenvalue weighted by atomic mass is 16.6. The Morgan fingerprint density at radius 3 is 1.96 bits per heavy atom. The van der Waals surface area contributed by atoms with E-state index in [1.165, 1.54) is 32.1 Å². The second kappa shape index (κ2) is 14.8. The first kappa shape index (κ1) is 41.6. The number of hydrogen-bond acceptors (Lipinski definition) is 6. The standard InChI is InChI=1S/C33H48O6.6CH4/c1-17-6-5-9-37-28(17)27-26(29(34)38-30(27)35)25-21-8-7-20(15-21)24(25)16-32(2,3)31(36)39-33(4)22-11-18-10-19(13-22)14-23(33)12-18;;;;;;/h17-28H,5-16H2,1-4H3;6*1H4. The number of fused-ring (bicyclic) bond motifs is 2. The molecule has 0 aromatic heterocycles. The van der Waals surface area contributed by atoms with Crippen molar-refractivity contribution in [2.45, 2.75) is 155 Å². The summed E-state index contributed by atoms with van der Waals surface area (Å²) < 4.78 is 18.1. The Labute approximate surface area is 277 Å². The maximum atomic E-state index is 14.0. The third-order valence-corrected chi connectivity index (χ3v) is 13.1. The number of carbonyl (C=O) groups is 3. The zero-order valence-electron chi connectivity index (χ0n) is 24.4. The highest BCUT2D eigenvalue weighted by Gasteiger charge is 2.62. The molecule has 0 spiro atoms. The summed E-state index contributed by atoms with van der Waals surface area (Å²) in [5.41, 5.74) is -0.973. The van der Waals surface area contributed by atoms with Crippen molar-refractivity contribution in [1.82, 2.24) is 0 Å². The van der Waals surface area contributed by atoms with Gasteiger partial charge >= 0.3 is 17.9 Å². The monoisotopic (exact) mass is 637 g/mol. The third kappa shape index (κ3) is 6.66. The quantitative estimate of drug-likeness (QED) is 0.213. The molecule has 2 saturated heterocycles. The van der Waals surface area contributed by atoms with E-state index >= 15 is 0 Å². The van der Waals surface area contributed by atoms with Crippen molar-refractivity contribution in [3.8, 4) is 0 Å². The predicted molar refractivity (Wildman–Crippen MR) is 184 cm³/mol. The Hall–Kier alpha value is -1.43. The van der Waals surface area contributed by atoms with E-state index in [2.05, 4.69) is 27.7 Å². The van der Waals surface area contributed by atoms with E-state index in [1.54, 1.807) is 0 Å². The van der Waals surface area contributed by atoms with Crippen molar-refractivity contribution in [3.63, 3.8) is 0 Å². The molecule has 264 valence electrons. The molecule has 2 heterocycles. The first-order valence-electron chi connectivity index (χ1n) is 16.2. The molecule has 8 unspecified atom stereocenters. The summed E-state index contributed by atoms with van der Waals surface area (Å²) in [6.07, 6.45) is 12.0. The number of carbonyl (C=O) groups excluding carboxylic acids is 3. The molecule has 8 atom stereocenters. The first-order valence-corrected chi connectivity index (χ1v) is 16.2. The predicted octanol–water partition coefficient (Wildman–Crippen LogP) is 9.77. The lowest BCUT2D eigenvalue weighted by atomic mass is 9.50. The number of cyclic esters (lactones) is 2. The Morgan fingerprint density at radius 1 is 0.822 bits per heavy atom. The lowest BCUT2D eigenvalue weighted by Gasteiger charge is -2.59. The molecular weight excluding hydrogens is 564 g/mol. The van der Waals surface area contributed by atoms with Gasteiger partial charge in [-0.3, -0.25) is 14.4 Å². The Kier molecular flexibility index (Phi) is 13.7. The van der Waals surface area contributed by atoms with Crippen molar-refractivity contribution in [2.24, 2.45) is 70.5 Å². The minimum absolute atomic E-state index is 0. The van der Waals surface area contributed by atoms with Crippen LogP contribution in [0.1, 0.15) is 143 Å². The normalized spacial score (nSPS) is 43.7. The van der Waals surface area contributed by atoms with Gasteiger partial charge in [-0.05, 0) is 145 Å². The number of ether oxygens (including phenoxy) is 3. The summed E-state index contributed by atoms with van der Waals surface area (Å²) in [6, 6.07) is 0. The van der Waals surface area contributed by atoms with Gasteiger partial charge in [0.2, 0.25) is 0 Å². The molecule has 0 aromatic carbocycles. The van der Waals surface area contributed by atoms with E-state index in [1.807, 2.05) is 0 Å². The van der Waals surface area contributed by atoms with Crippen LogP contribution in [0, 0.1) is 70.5 Å². The van der Waals surface area contributed by atoms with E-state index < -0.39 is 23.2 Å². The molecular formula is C39H72O6. The maximum absolute atomic E-state index is 14.0. The minimum atomic E-state index is -0.637. The SMILES string of the molecule is C.C.C.C.C.C.CC1CCCOC1C1C(=O)OC(=O)C1C1C2CCC(C2)C1CC(C)(C)C(=O)OC1(C)C2CC3CC(C2)CC1C3. The van der Waals surface area contributed by atoms with Gasteiger partial charge in [0.1, 0.15) is 5.60 Å². The van der Waals surface area contributed by atoms with Gasteiger partial charge in [-0.1, -0.05) is 51.5 Å². The van der Waals surface area contributed by atoms with Crippen LogP contribution >= 0.6 is 0 Å². The molecule has 0 radical (unpaired) electrons. The van der Waals surface area contributed by atoms with Gasteiger partial charge in [0.15, 0.2) is 0 Å². The van der Waals surface area contributed by atoms with Crippen molar-refractivity contribution >= 4 is 17.9 Å². The summed E-state index contributed by atoms with van der Waals surface area (Å²) in [5, 5.41) is 0. The lowest BCUT2D eigenvalue weighted by molar-refractivity contribution is -0.212. The van der Waals surface area contributed by atoms with Crippen molar-refractivity contribution in [1.29, 1.82) is 0 Å². The van der Waals surface area contributed by atoms with E-state index in [0.29, 0.717) is 36.7 Å². The topological polar surface area (TPSA) is 78.9 Å². The average molecular weight is 637 g/mol. The average Bonchev–Trinajstić information content (AvgIpc) is 3.55. The van der Waals surface area contributed by atoms with Crippen LogP contribution in [0.3, 0.4) is 0 Å². The second-order valence-electron chi connectivity index (χ2n) is 15.8. The fourth-order valence-electron chi connectivity index (χ4n) is 11.3. The van der Waals surface area contributed by atoms with Crippen LogP contribution in [0.25, 0.3) is 0 Å². The van der Waals surface area contributed by atoms with Crippen LogP contribution in [0.2, 0.25) is 0 Å². The molecule has 6 aliphatic carbocycles. The number of rotatable bonds is 6. The smallest absolute Gasteiger partial charge is 0.320 e. The van der Waals surface area contributed by atoms with Gasteiger partial charge in [0.05, 0.1) is 23.4 Å². The molecule has 45 heavy (non-hydrogen) atoms. The first-order chi connectivity index (χ1) is 18.5.